The topological polar surface area (TPSA) is 75.6 Å². The van der Waals surface area contributed by atoms with E-state index >= 15 is 0 Å². The van der Waals surface area contributed by atoms with Gasteiger partial charge < -0.3 is 15.2 Å². The summed E-state index contributed by atoms with van der Waals surface area (Å²) in [4.78, 5) is 22.9. The van der Waals surface area contributed by atoms with Crippen LogP contribution in [0.4, 0.5) is 5.00 Å². The second-order valence-corrected chi connectivity index (χ2v) is 4.96. The van der Waals surface area contributed by atoms with E-state index in [1.807, 2.05) is 6.07 Å². The zero-order valence-corrected chi connectivity index (χ0v) is 11.6. The number of hydrogen-bond acceptors (Lipinski definition) is 4. The molecule has 0 fully saturated rings. The first-order chi connectivity index (χ1) is 9.60. The summed E-state index contributed by atoms with van der Waals surface area (Å²) in [6.45, 7) is 0. The number of anilines is 1. The number of hydrogen-bond donors (Lipinski definition) is 2. The van der Waals surface area contributed by atoms with Gasteiger partial charge in [-0.1, -0.05) is 12.1 Å². The van der Waals surface area contributed by atoms with E-state index in [2.05, 4.69) is 5.32 Å². The summed E-state index contributed by atoms with van der Waals surface area (Å²) in [7, 11) is 1.56. The number of aromatic carboxylic acids is 1. The van der Waals surface area contributed by atoms with Gasteiger partial charge in [-0.3, -0.25) is 4.79 Å². The normalized spacial score (nSPS) is 10.1. The molecule has 1 heterocycles. The molecule has 20 heavy (non-hydrogen) atoms. The summed E-state index contributed by atoms with van der Waals surface area (Å²) in [5.41, 5.74) is 0.907. The van der Waals surface area contributed by atoms with Crippen molar-refractivity contribution in [2.45, 2.75) is 6.42 Å². The molecule has 0 atom stereocenters. The molecule has 2 N–H and O–H groups in total. The Kier molecular flexibility index (Phi) is 4.37. The van der Waals surface area contributed by atoms with Gasteiger partial charge in [0.1, 0.15) is 10.8 Å². The predicted molar refractivity (Wildman–Crippen MR) is 76.6 cm³/mol. The van der Waals surface area contributed by atoms with E-state index in [1.54, 1.807) is 30.7 Å². The van der Waals surface area contributed by atoms with E-state index < -0.39 is 5.97 Å². The molecule has 1 aromatic carbocycles. The average Bonchev–Trinajstić information content (AvgIpc) is 2.87. The number of carboxylic acids is 1. The van der Waals surface area contributed by atoms with Crippen LogP contribution in [0.25, 0.3) is 0 Å². The number of carboxylic acid groups (broad SMARTS) is 1. The molecule has 0 saturated heterocycles. The van der Waals surface area contributed by atoms with E-state index in [9.17, 15) is 9.59 Å². The number of methoxy groups -OCH3 is 1. The number of carbonyl (C=O) groups is 2. The van der Waals surface area contributed by atoms with E-state index in [1.165, 1.54) is 17.4 Å². The molecule has 1 amide bonds. The molecule has 0 aliphatic carbocycles. The molecule has 2 aromatic rings. The van der Waals surface area contributed by atoms with Crippen molar-refractivity contribution in [3.63, 3.8) is 0 Å². The molecule has 0 bridgehead atoms. The van der Waals surface area contributed by atoms with E-state index in [0.717, 1.165) is 5.56 Å². The number of benzene rings is 1. The van der Waals surface area contributed by atoms with Crippen molar-refractivity contribution in [1.29, 1.82) is 0 Å². The van der Waals surface area contributed by atoms with Gasteiger partial charge in [-0.15, -0.1) is 11.3 Å². The van der Waals surface area contributed by atoms with Crippen molar-refractivity contribution in [1.82, 2.24) is 0 Å². The van der Waals surface area contributed by atoms with Gasteiger partial charge in [0, 0.05) is 0 Å². The van der Waals surface area contributed by atoms with Crippen LogP contribution in [0.2, 0.25) is 0 Å². The summed E-state index contributed by atoms with van der Waals surface area (Å²) >= 11 is 1.19. The van der Waals surface area contributed by atoms with Crippen molar-refractivity contribution in [2.24, 2.45) is 0 Å². The lowest BCUT2D eigenvalue weighted by atomic mass is 10.1. The Morgan fingerprint density at radius 2 is 2.15 bits per heavy atom. The molecule has 2 rings (SSSR count). The summed E-state index contributed by atoms with van der Waals surface area (Å²) in [6.07, 6.45) is 0.161. The first-order valence-corrected chi connectivity index (χ1v) is 6.71. The molecule has 0 aliphatic rings. The minimum atomic E-state index is -1.05. The fourth-order valence-electron chi connectivity index (χ4n) is 1.71. The standard InChI is InChI=1S/C14H13NO4S/c1-19-10-4-2-3-9(7-10)8-12(16)15-13-11(14(17)18)5-6-20-13/h2-7H,8H2,1H3,(H,15,16)(H,17,18). The Bertz CT molecular complexity index is 636. The SMILES string of the molecule is COc1cccc(CC(=O)Nc2sccc2C(=O)O)c1. The van der Waals surface area contributed by atoms with Gasteiger partial charge >= 0.3 is 5.97 Å². The third-order valence-corrected chi connectivity index (χ3v) is 3.48. The quantitative estimate of drug-likeness (QED) is 0.888. The lowest BCUT2D eigenvalue weighted by Crippen LogP contribution is -2.15. The molecule has 1 aromatic heterocycles. The van der Waals surface area contributed by atoms with Gasteiger partial charge in [-0.05, 0) is 29.1 Å². The molecule has 0 aliphatic heterocycles. The Morgan fingerprint density at radius 3 is 2.85 bits per heavy atom. The highest BCUT2D eigenvalue weighted by atomic mass is 32.1. The van der Waals surface area contributed by atoms with Crippen molar-refractivity contribution in [2.75, 3.05) is 12.4 Å². The summed E-state index contributed by atoms with van der Waals surface area (Å²) < 4.78 is 5.09. The Labute approximate surface area is 119 Å². The summed E-state index contributed by atoms with van der Waals surface area (Å²) in [5.74, 6) is -0.635. The number of nitrogens with one attached hydrogen (secondary N) is 1. The van der Waals surface area contributed by atoms with Crippen LogP contribution >= 0.6 is 11.3 Å². The van der Waals surface area contributed by atoms with E-state index in [0.29, 0.717) is 10.8 Å². The van der Waals surface area contributed by atoms with Crippen LogP contribution < -0.4 is 10.1 Å². The lowest BCUT2D eigenvalue weighted by molar-refractivity contribution is -0.115. The van der Waals surface area contributed by atoms with Gasteiger partial charge in [0.05, 0.1) is 19.1 Å². The van der Waals surface area contributed by atoms with Crippen LogP contribution in [0.15, 0.2) is 35.7 Å². The van der Waals surface area contributed by atoms with Crippen LogP contribution in [-0.4, -0.2) is 24.1 Å². The maximum Gasteiger partial charge on any atom is 0.338 e. The predicted octanol–water partition coefficient (Wildman–Crippen LogP) is 2.64. The maximum atomic E-state index is 11.9. The maximum absolute atomic E-state index is 11.9. The lowest BCUT2D eigenvalue weighted by Gasteiger charge is -2.06. The number of rotatable bonds is 5. The number of amides is 1. The molecule has 0 unspecified atom stereocenters. The molecule has 0 radical (unpaired) electrons. The van der Waals surface area contributed by atoms with Gasteiger partial charge in [0.2, 0.25) is 5.91 Å². The largest absolute Gasteiger partial charge is 0.497 e. The Balaban J connectivity index is 2.05. The smallest absolute Gasteiger partial charge is 0.338 e. The summed E-state index contributed by atoms with van der Waals surface area (Å²) in [6, 6.07) is 8.65. The minimum Gasteiger partial charge on any atom is -0.497 e. The molecule has 5 nitrogen and oxygen atoms in total. The molecule has 0 spiro atoms. The number of thiophene rings is 1. The monoisotopic (exact) mass is 291 g/mol. The van der Waals surface area contributed by atoms with Crippen LogP contribution in [0.1, 0.15) is 15.9 Å². The van der Waals surface area contributed by atoms with E-state index in [4.69, 9.17) is 9.84 Å². The molecular weight excluding hydrogens is 278 g/mol. The first kappa shape index (κ1) is 14.1. The Morgan fingerprint density at radius 1 is 1.35 bits per heavy atom. The molecule has 104 valence electrons. The molecular formula is C14H13NO4S. The molecule has 0 saturated carbocycles. The fourth-order valence-corrected chi connectivity index (χ4v) is 2.51. The van der Waals surface area contributed by atoms with Gasteiger partial charge in [-0.2, -0.15) is 0 Å². The van der Waals surface area contributed by atoms with Crippen LogP contribution in [0, 0.1) is 0 Å². The van der Waals surface area contributed by atoms with Gasteiger partial charge in [-0.25, -0.2) is 4.79 Å². The van der Waals surface area contributed by atoms with Crippen LogP contribution in [0.5, 0.6) is 5.75 Å². The number of ether oxygens (including phenoxy) is 1. The van der Waals surface area contributed by atoms with Crippen molar-refractivity contribution >= 4 is 28.2 Å². The highest BCUT2D eigenvalue weighted by Gasteiger charge is 2.14. The third-order valence-electron chi connectivity index (χ3n) is 2.65. The fraction of sp³-hybridized carbons (Fsp3) is 0.143. The highest BCUT2D eigenvalue weighted by molar-refractivity contribution is 7.14. The molecule has 6 heteroatoms. The second-order valence-electron chi connectivity index (χ2n) is 4.05. The van der Waals surface area contributed by atoms with Crippen molar-refractivity contribution < 1.29 is 19.4 Å². The second kappa shape index (κ2) is 6.21. The summed E-state index contributed by atoms with van der Waals surface area (Å²) in [5, 5.41) is 13.6. The zero-order valence-electron chi connectivity index (χ0n) is 10.8. The minimum absolute atomic E-state index is 0.106. The Hall–Kier alpha value is -2.34. The third kappa shape index (κ3) is 3.36. The average molecular weight is 291 g/mol. The van der Waals surface area contributed by atoms with Gasteiger partial charge in [0.15, 0.2) is 0 Å². The van der Waals surface area contributed by atoms with Crippen LogP contribution in [-0.2, 0) is 11.2 Å². The first-order valence-electron chi connectivity index (χ1n) is 5.83. The number of carbonyl (C=O) groups excluding carboxylic acids is 1. The zero-order chi connectivity index (χ0) is 14.5. The highest BCUT2D eigenvalue weighted by Crippen LogP contribution is 2.23. The van der Waals surface area contributed by atoms with Crippen molar-refractivity contribution in [3.05, 3.63) is 46.8 Å². The van der Waals surface area contributed by atoms with Crippen molar-refractivity contribution in [3.8, 4) is 5.75 Å². The van der Waals surface area contributed by atoms with Crippen LogP contribution in [0.3, 0.4) is 0 Å². The van der Waals surface area contributed by atoms with Gasteiger partial charge in [0.25, 0.3) is 0 Å². The van der Waals surface area contributed by atoms with E-state index in [-0.39, 0.29) is 17.9 Å².